The number of anilines is 1. The first-order chi connectivity index (χ1) is 15.4. The SMILES string of the molecule is CC(C)(C)OC(=O)N1C2CCC1CN(c1cc(Oc3ccc(S(C)(=O)=O)cc3F)ncn1)C2. The van der Waals surface area contributed by atoms with Crippen molar-refractivity contribution in [3.8, 4) is 11.6 Å². The molecule has 0 saturated carbocycles. The van der Waals surface area contributed by atoms with Gasteiger partial charge in [-0.1, -0.05) is 0 Å². The lowest BCUT2D eigenvalue weighted by molar-refractivity contribution is 0.0122. The number of rotatable bonds is 4. The lowest BCUT2D eigenvalue weighted by Crippen LogP contribution is -2.57. The van der Waals surface area contributed by atoms with Crippen LogP contribution in [0.4, 0.5) is 15.0 Å². The maximum absolute atomic E-state index is 14.4. The number of ether oxygens (including phenoxy) is 2. The summed E-state index contributed by atoms with van der Waals surface area (Å²) in [5, 5.41) is 0. The number of aromatic nitrogens is 2. The van der Waals surface area contributed by atoms with Gasteiger partial charge in [0.05, 0.1) is 17.0 Å². The number of hydrogen-bond acceptors (Lipinski definition) is 8. The minimum atomic E-state index is -3.53. The van der Waals surface area contributed by atoms with Crippen LogP contribution < -0.4 is 9.64 Å². The van der Waals surface area contributed by atoms with E-state index in [-0.39, 0.29) is 34.7 Å². The highest BCUT2D eigenvalue weighted by molar-refractivity contribution is 7.90. The Labute approximate surface area is 192 Å². The molecule has 1 aromatic carbocycles. The van der Waals surface area contributed by atoms with Crippen LogP contribution in [0, 0.1) is 5.82 Å². The van der Waals surface area contributed by atoms with Crippen molar-refractivity contribution in [1.82, 2.24) is 14.9 Å². The molecule has 2 aliphatic rings. The number of piperazine rings is 1. The maximum atomic E-state index is 14.4. The summed E-state index contributed by atoms with van der Waals surface area (Å²) in [6.07, 6.45) is 3.80. The van der Waals surface area contributed by atoms with Crippen LogP contribution in [0.1, 0.15) is 33.6 Å². The van der Waals surface area contributed by atoms with E-state index < -0.39 is 21.3 Å². The summed E-state index contributed by atoms with van der Waals surface area (Å²) in [7, 11) is -3.53. The second-order valence-corrected chi connectivity index (χ2v) is 11.4. The molecular weight excluding hydrogens is 451 g/mol. The fourth-order valence-electron chi connectivity index (χ4n) is 4.17. The van der Waals surface area contributed by atoms with Crippen LogP contribution in [0.2, 0.25) is 0 Å². The van der Waals surface area contributed by atoms with Gasteiger partial charge < -0.3 is 14.4 Å². The average molecular weight is 479 g/mol. The van der Waals surface area contributed by atoms with Crippen LogP contribution in [-0.4, -0.2) is 66.4 Å². The average Bonchev–Trinajstić information content (AvgIpc) is 2.98. The van der Waals surface area contributed by atoms with Crippen LogP contribution in [0.5, 0.6) is 11.6 Å². The van der Waals surface area contributed by atoms with Crippen molar-refractivity contribution >= 4 is 21.7 Å². The van der Waals surface area contributed by atoms with Crippen molar-refractivity contribution in [3.63, 3.8) is 0 Å². The van der Waals surface area contributed by atoms with Crippen molar-refractivity contribution in [1.29, 1.82) is 0 Å². The smallest absolute Gasteiger partial charge is 0.410 e. The Hall–Kier alpha value is -2.95. The standard InChI is InChI=1S/C22H27FN4O5S/c1-22(2,3)32-21(28)27-14-5-6-15(27)12-26(11-14)19-10-20(25-13-24-19)31-18-8-7-16(9-17(18)23)33(4,29)30/h7-10,13-15H,5-6,11-12H2,1-4H3. The zero-order valence-electron chi connectivity index (χ0n) is 19.0. The van der Waals surface area contributed by atoms with Crippen LogP contribution in [0.25, 0.3) is 0 Å². The van der Waals surface area contributed by atoms with Crippen molar-refractivity contribution in [2.24, 2.45) is 0 Å². The summed E-state index contributed by atoms with van der Waals surface area (Å²) in [5.41, 5.74) is -0.554. The highest BCUT2D eigenvalue weighted by atomic mass is 32.2. The molecule has 0 N–H and O–H groups in total. The van der Waals surface area contributed by atoms with Gasteiger partial charge in [0.1, 0.15) is 17.7 Å². The fourth-order valence-corrected chi connectivity index (χ4v) is 4.80. The first-order valence-corrected chi connectivity index (χ1v) is 12.6. The molecule has 1 amide bonds. The molecule has 0 spiro atoms. The van der Waals surface area contributed by atoms with Gasteiger partial charge in [0.25, 0.3) is 0 Å². The van der Waals surface area contributed by atoms with E-state index >= 15 is 0 Å². The zero-order chi connectivity index (χ0) is 24.0. The van der Waals surface area contributed by atoms with Gasteiger partial charge in [0.15, 0.2) is 21.4 Å². The van der Waals surface area contributed by atoms with Crippen LogP contribution in [-0.2, 0) is 14.6 Å². The Morgan fingerprint density at radius 2 is 1.79 bits per heavy atom. The number of sulfone groups is 1. The summed E-state index contributed by atoms with van der Waals surface area (Å²) in [6, 6.07) is 5.08. The summed E-state index contributed by atoms with van der Waals surface area (Å²) in [4.78, 5) is 24.8. The first kappa shape index (κ1) is 23.2. The van der Waals surface area contributed by atoms with E-state index in [2.05, 4.69) is 14.9 Å². The van der Waals surface area contributed by atoms with E-state index in [1.54, 1.807) is 6.07 Å². The van der Waals surface area contributed by atoms with Crippen molar-refractivity contribution in [3.05, 3.63) is 36.4 Å². The van der Waals surface area contributed by atoms with E-state index in [1.807, 2.05) is 25.7 Å². The largest absolute Gasteiger partial charge is 0.444 e. The third kappa shape index (κ3) is 5.18. The molecule has 2 unspecified atom stereocenters. The molecule has 2 saturated heterocycles. The topological polar surface area (TPSA) is 102 Å². The Morgan fingerprint density at radius 3 is 2.36 bits per heavy atom. The molecule has 2 fully saturated rings. The molecule has 1 aromatic heterocycles. The molecule has 2 aliphatic heterocycles. The minimum absolute atomic E-state index is 0.0129. The number of carbonyl (C=O) groups is 1. The van der Waals surface area contributed by atoms with Crippen molar-refractivity contribution in [2.75, 3.05) is 24.2 Å². The molecule has 2 aromatic rings. The number of amides is 1. The van der Waals surface area contributed by atoms with Crippen molar-refractivity contribution < 1.29 is 27.1 Å². The Kier molecular flexibility index (Phi) is 5.94. The molecule has 0 radical (unpaired) electrons. The van der Waals surface area contributed by atoms with Crippen LogP contribution >= 0.6 is 0 Å². The number of carbonyl (C=O) groups excluding carboxylic acids is 1. The normalized spacial score (nSPS) is 20.6. The summed E-state index contributed by atoms with van der Waals surface area (Å²) in [5.74, 6) is -0.203. The van der Waals surface area contributed by atoms with Crippen LogP contribution in [0.15, 0.2) is 35.5 Å². The summed E-state index contributed by atoms with van der Waals surface area (Å²) in [6.45, 7) is 6.72. The van der Waals surface area contributed by atoms with Crippen molar-refractivity contribution in [2.45, 2.75) is 56.2 Å². The van der Waals surface area contributed by atoms with Gasteiger partial charge in [-0.05, 0) is 51.8 Å². The molecule has 2 bridgehead atoms. The van der Waals surface area contributed by atoms with Gasteiger partial charge in [0, 0.05) is 25.4 Å². The Balaban J connectivity index is 1.48. The van der Waals surface area contributed by atoms with Gasteiger partial charge in [-0.2, -0.15) is 0 Å². The molecular formula is C22H27FN4O5S. The maximum Gasteiger partial charge on any atom is 0.410 e. The van der Waals surface area contributed by atoms with E-state index in [0.717, 1.165) is 25.2 Å². The molecule has 11 heteroatoms. The summed E-state index contributed by atoms with van der Waals surface area (Å²) >= 11 is 0. The molecule has 2 atom stereocenters. The predicted octanol–water partition coefficient (Wildman–Crippen LogP) is 3.40. The molecule has 4 rings (SSSR count). The second-order valence-electron chi connectivity index (χ2n) is 9.36. The highest BCUT2D eigenvalue weighted by Gasteiger charge is 2.44. The minimum Gasteiger partial charge on any atom is -0.444 e. The monoisotopic (exact) mass is 478 g/mol. The molecule has 9 nitrogen and oxygen atoms in total. The Bertz CT molecular complexity index is 1150. The van der Waals surface area contributed by atoms with Gasteiger partial charge in [-0.15, -0.1) is 0 Å². The van der Waals surface area contributed by atoms with E-state index in [4.69, 9.17) is 9.47 Å². The van der Waals surface area contributed by atoms with Gasteiger partial charge in [0.2, 0.25) is 5.88 Å². The molecule has 178 valence electrons. The van der Waals surface area contributed by atoms with Gasteiger partial charge >= 0.3 is 6.09 Å². The number of benzene rings is 1. The van der Waals surface area contributed by atoms with E-state index in [9.17, 15) is 17.6 Å². The Morgan fingerprint density at radius 1 is 1.12 bits per heavy atom. The molecule has 0 aliphatic carbocycles. The number of fused-ring (bicyclic) bond motifs is 2. The van der Waals surface area contributed by atoms with E-state index in [0.29, 0.717) is 18.9 Å². The third-order valence-corrected chi connectivity index (χ3v) is 6.69. The van der Waals surface area contributed by atoms with Gasteiger partial charge in [-0.3, -0.25) is 4.90 Å². The zero-order valence-corrected chi connectivity index (χ0v) is 19.8. The number of halogens is 1. The molecule has 3 heterocycles. The number of nitrogens with zero attached hydrogens (tertiary/aromatic N) is 4. The second kappa shape index (κ2) is 8.44. The fraction of sp³-hybridized carbons (Fsp3) is 0.500. The lowest BCUT2D eigenvalue weighted by atomic mass is 10.2. The highest BCUT2D eigenvalue weighted by Crippen LogP contribution is 2.34. The number of hydrogen-bond donors (Lipinski definition) is 0. The van der Waals surface area contributed by atoms with E-state index in [1.165, 1.54) is 18.5 Å². The third-order valence-electron chi connectivity index (χ3n) is 5.58. The summed E-state index contributed by atoms with van der Waals surface area (Å²) < 4.78 is 48.7. The predicted molar refractivity (Wildman–Crippen MR) is 119 cm³/mol. The molecule has 33 heavy (non-hydrogen) atoms. The first-order valence-electron chi connectivity index (χ1n) is 10.7. The lowest BCUT2D eigenvalue weighted by Gasteiger charge is -2.41. The van der Waals surface area contributed by atoms with Crippen LogP contribution in [0.3, 0.4) is 0 Å². The van der Waals surface area contributed by atoms with Gasteiger partial charge in [-0.25, -0.2) is 27.6 Å². The quantitative estimate of drug-likeness (QED) is 0.659.